The highest BCUT2D eigenvalue weighted by Crippen LogP contribution is 2.35. The molecule has 0 radical (unpaired) electrons. The first-order valence-electron chi connectivity index (χ1n) is 19.7. The summed E-state index contributed by atoms with van der Waals surface area (Å²) in [6, 6.07) is 67.1. The fourth-order valence-corrected chi connectivity index (χ4v) is 7.22. The van der Waals surface area contributed by atoms with Crippen LogP contribution in [0.2, 0.25) is 0 Å². The van der Waals surface area contributed by atoms with Crippen LogP contribution in [0.4, 0.5) is 0 Å². The summed E-state index contributed by atoms with van der Waals surface area (Å²) in [7, 11) is 0. The van der Waals surface area contributed by atoms with Crippen LogP contribution in [0.15, 0.2) is 213 Å². The van der Waals surface area contributed by atoms with Gasteiger partial charge in [-0.2, -0.15) is 0 Å². The van der Waals surface area contributed by atoms with Crippen molar-refractivity contribution >= 4 is 0 Å². The maximum Gasteiger partial charge on any atom is 0.162 e. The predicted octanol–water partition coefficient (Wildman–Crippen LogP) is 12.5. The van der Waals surface area contributed by atoms with Crippen molar-refractivity contribution in [1.82, 2.24) is 34.9 Å². The molecule has 5 heterocycles. The molecule has 60 heavy (non-hydrogen) atoms. The Labute approximate surface area is 347 Å². The molecule has 0 bridgehead atoms. The zero-order valence-corrected chi connectivity index (χ0v) is 32.3. The molecule has 5 aromatic carbocycles. The molecule has 0 atom stereocenters. The summed E-state index contributed by atoms with van der Waals surface area (Å²) in [6.45, 7) is 0. The van der Waals surface area contributed by atoms with Gasteiger partial charge in [-0.3, -0.25) is 9.97 Å². The normalized spacial score (nSPS) is 11.0. The molecule has 0 fully saturated rings. The predicted molar refractivity (Wildman–Crippen MR) is 240 cm³/mol. The molecule has 0 saturated carbocycles. The highest BCUT2D eigenvalue weighted by Gasteiger charge is 2.19. The van der Waals surface area contributed by atoms with E-state index in [4.69, 9.17) is 34.9 Å². The molecule has 10 aromatic rings. The van der Waals surface area contributed by atoms with E-state index >= 15 is 0 Å². The smallest absolute Gasteiger partial charge is 0.162 e. The Kier molecular flexibility index (Phi) is 9.79. The summed E-state index contributed by atoms with van der Waals surface area (Å²) >= 11 is 0. The number of hydrogen-bond donors (Lipinski definition) is 0. The molecular formula is C53H35N7. The van der Waals surface area contributed by atoms with Crippen LogP contribution in [-0.2, 0) is 0 Å². The van der Waals surface area contributed by atoms with Crippen LogP contribution in [-0.4, -0.2) is 34.9 Å². The van der Waals surface area contributed by atoms with E-state index in [0.29, 0.717) is 34.4 Å². The minimum absolute atomic E-state index is 0.557. The number of benzene rings is 5. The van der Waals surface area contributed by atoms with Gasteiger partial charge in [0.15, 0.2) is 11.6 Å². The van der Waals surface area contributed by atoms with Gasteiger partial charge in [0, 0.05) is 45.8 Å². The van der Waals surface area contributed by atoms with Crippen LogP contribution in [0, 0.1) is 0 Å². The Morgan fingerprint density at radius 3 is 1.17 bits per heavy atom. The van der Waals surface area contributed by atoms with Crippen molar-refractivity contribution in [2.24, 2.45) is 0 Å². The van der Waals surface area contributed by atoms with Gasteiger partial charge in [-0.25, -0.2) is 24.9 Å². The zero-order valence-electron chi connectivity index (χ0n) is 32.3. The molecule has 0 spiro atoms. The molecule has 0 N–H and O–H groups in total. The summed E-state index contributed by atoms with van der Waals surface area (Å²) in [5, 5.41) is 0. The molecule has 10 rings (SSSR count). The third-order valence-electron chi connectivity index (χ3n) is 10.2. The van der Waals surface area contributed by atoms with Gasteiger partial charge in [0.2, 0.25) is 0 Å². The minimum Gasteiger partial charge on any atom is -0.254 e. The SMILES string of the molecule is c1ccc(-c2cc(-c3ccc(-c4nc(-c5ccccc5)cc(-c5ccccc5)n4)cn3)nc(-c3ncccc3-c3nc(-c4ccccc4)cc(-c4ccccc4)n3)c2)cc1. The first kappa shape index (κ1) is 36.1. The Morgan fingerprint density at radius 1 is 0.250 bits per heavy atom. The fraction of sp³-hybridized carbons (Fsp3) is 0. The molecule has 0 aliphatic heterocycles. The molecule has 0 aliphatic rings. The van der Waals surface area contributed by atoms with Gasteiger partial charge in [0.05, 0.1) is 45.6 Å². The average Bonchev–Trinajstić information content (AvgIpc) is 3.35. The van der Waals surface area contributed by atoms with Crippen molar-refractivity contribution in [3.63, 3.8) is 0 Å². The minimum atomic E-state index is 0.557. The van der Waals surface area contributed by atoms with E-state index in [1.165, 1.54) is 0 Å². The van der Waals surface area contributed by atoms with Gasteiger partial charge in [-0.05, 0) is 59.7 Å². The number of aromatic nitrogens is 7. The molecule has 0 amide bonds. The van der Waals surface area contributed by atoms with E-state index in [1.807, 2.05) is 134 Å². The summed E-state index contributed by atoms with van der Waals surface area (Å²) in [5.41, 5.74) is 13.7. The first-order chi connectivity index (χ1) is 29.7. The van der Waals surface area contributed by atoms with Gasteiger partial charge in [0.25, 0.3) is 0 Å². The van der Waals surface area contributed by atoms with Crippen LogP contribution >= 0.6 is 0 Å². The van der Waals surface area contributed by atoms with E-state index in [-0.39, 0.29) is 0 Å². The Hall–Kier alpha value is -8.29. The lowest BCUT2D eigenvalue weighted by Gasteiger charge is -2.14. The van der Waals surface area contributed by atoms with Crippen molar-refractivity contribution in [3.8, 4) is 102 Å². The van der Waals surface area contributed by atoms with E-state index in [0.717, 1.165) is 67.3 Å². The lowest BCUT2D eigenvalue weighted by Crippen LogP contribution is -2.00. The van der Waals surface area contributed by atoms with E-state index in [9.17, 15) is 0 Å². The largest absolute Gasteiger partial charge is 0.254 e. The molecule has 282 valence electrons. The van der Waals surface area contributed by atoms with Crippen molar-refractivity contribution < 1.29 is 0 Å². The second-order valence-electron chi connectivity index (χ2n) is 14.2. The monoisotopic (exact) mass is 769 g/mol. The Morgan fingerprint density at radius 2 is 0.700 bits per heavy atom. The molecule has 7 heteroatoms. The van der Waals surface area contributed by atoms with E-state index in [1.54, 1.807) is 6.20 Å². The van der Waals surface area contributed by atoms with Gasteiger partial charge in [0.1, 0.15) is 0 Å². The van der Waals surface area contributed by atoms with Gasteiger partial charge >= 0.3 is 0 Å². The van der Waals surface area contributed by atoms with Gasteiger partial charge < -0.3 is 0 Å². The number of nitrogens with zero attached hydrogens (tertiary/aromatic N) is 7. The average molecular weight is 770 g/mol. The number of pyridine rings is 3. The topological polar surface area (TPSA) is 90.2 Å². The van der Waals surface area contributed by atoms with Gasteiger partial charge in [-0.15, -0.1) is 0 Å². The summed E-state index contributed by atoms with van der Waals surface area (Å²) in [5.74, 6) is 1.15. The molecule has 7 nitrogen and oxygen atoms in total. The van der Waals surface area contributed by atoms with Crippen molar-refractivity contribution in [2.45, 2.75) is 0 Å². The van der Waals surface area contributed by atoms with Crippen LogP contribution in [0.3, 0.4) is 0 Å². The standard InChI is InChI=1S/C53H35N7/c1-6-17-36(18-7-1)42-31-49(44-29-28-41(35-55-44)52-57-45(37-19-8-2-9-20-37)33-46(58-52)38-21-10-3-11-22-38)56-50(32-42)51-43(27-16-30-54-51)53-59-47(39-23-12-4-13-24-39)34-48(60-53)40-25-14-5-15-26-40/h1-35H. The van der Waals surface area contributed by atoms with Crippen molar-refractivity contribution in [3.05, 3.63) is 213 Å². The molecule has 0 saturated heterocycles. The van der Waals surface area contributed by atoms with Crippen molar-refractivity contribution in [1.29, 1.82) is 0 Å². The van der Waals surface area contributed by atoms with Crippen LogP contribution < -0.4 is 0 Å². The van der Waals surface area contributed by atoms with Crippen LogP contribution in [0.5, 0.6) is 0 Å². The quantitative estimate of drug-likeness (QED) is 0.144. The molecular weight excluding hydrogens is 735 g/mol. The Balaban J connectivity index is 1.09. The zero-order chi connectivity index (χ0) is 40.1. The van der Waals surface area contributed by atoms with E-state index in [2.05, 4.69) is 72.8 Å². The summed E-state index contributed by atoms with van der Waals surface area (Å²) < 4.78 is 0. The third kappa shape index (κ3) is 7.58. The van der Waals surface area contributed by atoms with Crippen LogP contribution in [0.25, 0.3) is 102 Å². The molecule has 5 aromatic heterocycles. The Bertz CT molecular complexity index is 2940. The highest BCUT2D eigenvalue weighted by atomic mass is 14.9. The second kappa shape index (κ2) is 16.3. The van der Waals surface area contributed by atoms with Crippen molar-refractivity contribution in [2.75, 3.05) is 0 Å². The highest BCUT2D eigenvalue weighted by molar-refractivity contribution is 5.83. The lowest BCUT2D eigenvalue weighted by atomic mass is 10.0. The van der Waals surface area contributed by atoms with Crippen LogP contribution in [0.1, 0.15) is 0 Å². The maximum atomic E-state index is 5.24. The number of rotatable bonds is 9. The van der Waals surface area contributed by atoms with E-state index < -0.39 is 0 Å². The summed E-state index contributed by atoms with van der Waals surface area (Å²) in [6.07, 6.45) is 3.61. The first-order valence-corrected chi connectivity index (χ1v) is 19.7. The molecule has 0 unspecified atom stereocenters. The fourth-order valence-electron chi connectivity index (χ4n) is 7.22. The van der Waals surface area contributed by atoms with Gasteiger partial charge in [-0.1, -0.05) is 152 Å². The summed E-state index contributed by atoms with van der Waals surface area (Å²) in [4.78, 5) is 35.5. The maximum absolute atomic E-state index is 5.24. The number of hydrogen-bond acceptors (Lipinski definition) is 7. The second-order valence-corrected chi connectivity index (χ2v) is 14.2. The molecule has 0 aliphatic carbocycles. The third-order valence-corrected chi connectivity index (χ3v) is 10.2. The lowest BCUT2D eigenvalue weighted by molar-refractivity contribution is 1.16.